The fourth-order valence-corrected chi connectivity index (χ4v) is 3.75. The Balaban J connectivity index is 2.21. The van der Waals surface area contributed by atoms with Gasteiger partial charge in [-0.1, -0.05) is 0 Å². The van der Waals surface area contributed by atoms with Crippen LogP contribution in [-0.2, 0) is 19.7 Å². The van der Waals surface area contributed by atoms with Gasteiger partial charge in [-0.25, -0.2) is 0 Å². The molecule has 0 aromatic heterocycles. The van der Waals surface area contributed by atoms with E-state index in [1.165, 1.54) is 20.0 Å². The molecule has 3 rings (SSSR count). The maximum atomic E-state index is 13.5. The monoisotopic (exact) mass is 358 g/mol. The average Bonchev–Trinajstić information content (AvgIpc) is 3.20. The first kappa shape index (κ1) is 17.2. The SMILES string of the molecule is CCOC(=O)[C@H]1[C@H](C(F)(F)F)[C@]12C(=O)N(C)c1ccc([N+](=O)[O-])cc12. The molecule has 1 spiro atoms. The summed E-state index contributed by atoms with van der Waals surface area (Å²) in [6.07, 6.45) is -4.83. The van der Waals surface area contributed by atoms with Crippen molar-refractivity contribution in [2.45, 2.75) is 18.5 Å². The number of nitro groups is 1. The molecule has 1 aliphatic heterocycles. The Morgan fingerprint density at radius 3 is 2.60 bits per heavy atom. The summed E-state index contributed by atoms with van der Waals surface area (Å²) in [6, 6.07) is 3.26. The molecule has 1 aliphatic carbocycles. The predicted octanol–water partition coefficient (Wildman–Crippen LogP) is 2.18. The lowest BCUT2D eigenvalue weighted by molar-refractivity contribution is -0.384. The summed E-state index contributed by atoms with van der Waals surface area (Å²) in [5.41, 5.74) is -2.68. The average molecular weight is 358 g/mol. The number of halogens is 3. The Morgan fingerprint density at radius 2 is 2.08 bits per heavy atom. The van der Waals surface area contributed by atoms with Crippen molar-refractivity contribution in [3.63, 3.8) is 0 Å². The summed E-state index contributed by atoms with van der Waals surface area (Å²) in [5, 5.41) is 11.0. The number of esters is 1. The molecule has 0 N–H and O–H groups in total. The fourth-order valence-electron chi connectivity index (χ4n) is 3.75. The molecule has 1 fully saturated rings. The quantitative estimate of drug-likeness (QED) is 0.469. The van der Waals surface area contributed by atoms with Gasteiger partial charge in [-0.3, -0.25) is 19.7 Å². The topological polar surface area (TPSA) is 89.8 Å². The summed E-state index contributed by atoms with van der Waals surface area (Å²) >= 11 is 0. The summed E-state index contributed by atoms with van der Waals surface area (Å²) < 4.78 is 45.3. The number of non-ortho nitro benzene ring substituents is 1. The molecule has 0 bridgehead atoms. The van der Waals surface area contributed by atoms with Crippen molar-refractivity contribution < 1.29 is 32.4 Å². The second-order valence-corrected chi connectivity index (χ2v) is 5.94. The third-order valence-electron chi connectivity index (χ3n) is 4.76. The van der Waals surface area contributed by atoms with E-state index in [0.717, 1.165) is 17.0 Å². The molecular weight excluding hydrogens is 345 g/mol. The Hall–Kier alpha value is -2.65. The van der Waals surface area contributed by atoms with E-state index in [0.29, 0.717) is 0 Å². The zero-order valence-electron chi connectivity index (χ0n) is 13.2. The first-order valence-electron chi connectivity index (χ1n) is 7.38. The zero-order valence-corrected chi connectivity index (χ0v) is 13.2. The van der Waals surface area contributed by atoms with Crippen molar-refractivity contribution in [1.29, 1.82) is 0 Å². The van der Waals surface area contributed by atoms with Crippen LogP contribution >= 0.6 is 0 Å². The number of amides is 1. The van der Waals surface area contributed by atoms with Crippen LogP contribution in [0.25, 0.3) is 0 Å². The Morgan fingerprint density at radius 1 is 1.44 bits per heavy atom. The molecule has 10 heteroatoms. The van der Waals surface area contributed by atoms with E-state index in [1.807, 2.05) is 0 Å². The number of rotatable bonds is 3. The van der Waals surface area contributed by atoms with Gasteiger partial charge >= 0.3 is 12.1 Å². The smallest absolute Gasteiger partial charge is 0.394 e. The van der Waals surface area contributed by atoms with Gasteiger partial charge in [0.25, 0.3) is 5.69 Å². The summed E-state index contributed by atoms with van der Waals surface area (Å²) in [6.45, 7) is 1.30. The third-order valence-corrected chi connectivity index (χ3v) is 4.76. The van der Waals surface area contributed by atoms with Crippen LogP contribution in [0, 0.1) is 22.0 Å². The highest BCUT2D eigenvalue weighted by atomic mass is 19.4. The summed E-state index contributed by atoms with van der Waals surface area (Å²) in [4.78, 5) is 35.9. The van der Waals surface area contributed by atoms with Gasteiger partial charge in [-0.05, 0) is 18.6 Å². The van der Waals surface area contributed by atoms with E-state index < -0.39 is 45.9 Å². The van der Waals surface area contributed by atoms with E-state index >= 15 is 0 Å². The minimum atomic E-state index is -4.83. The highest BCUT2D eigenvalue weighted by Gasteiger charge is 2.85. The van der Waals surface area contributed by atoms with Crippen LogP contribution in [0.2, 0.25) is 0 Å². The summed E-state index contributed by atoms with van der Waals surface area (Å²) in [5.74, 6) is -6.06. The molecule has 134 valence electrons. The molecule has 1 aromatic rings. The van der Waals surface area contributed by atoms with E-state index in [1.54, 1.807) is 0 Å². The number of carbonyl (C=O) groups excluding carboxylic acids is 2. The molecule has 25 heavy (non-hydrogen) atoms. The molecule has 3 atom stereocenters. The molecule has 1 aromatic carbocycles. The number of ether oxygens (including phenoxy) is 1. The fraction of sp³-hybridized carbons (Fsp3) is 0.467. The largest absolute Gasteiger partial charge is 0.466 e. The van der Waals surface area contributed by atoms with Crippen LogP contribution < -0.4 is 4.90 Å². The highest BCUT2D eigenvalue weighted by molar-refractivity contribution is 6.14. The molecule has 1 saturated carbocycles. The Labute approximate surface area is 139 Å². The second kappa shape index (κ2) is 5.17. The van der Waals surface area contributed by atoms with Crippen molar-refractivity contribution in [3.8, 4) is 0 Å². The van der Waals surface area contributed by atoms with Crippen LogP contribution in [0.4, 0.5) is 24.5 Å². The molecule has 1 heterocycles. The van der Waals surface area contributed by atoms with Crippen molar-refractivity contribution in [2.24, 2.45) is 11.8 Å². The number of hydrogen-bond donors (Lipinski definition) is 0. The Kier molecular flexibility index (Phi) is 3.55. The minimum Gasteiger partial charge on any atom is -0.466 e. The Bertz CT molecular complexity index is 794. The van der Waals surface area contributed by atoms with E-state index in [4.69, 9.17) is 4.74 Å². The van der Waals surface area contributed by atoms with Gasteiger partial charge in [0, 0.05) is 24.9 Å². The van der Waals surface area contributed by atoms with Crippen LogP contribution in [0.1, 0.15) is 12.5 Å². The molecule has 0 radical (unpaired) electrons. The number of nitrogens with zero attached hydrogens (tertiary/aromatic N) is 2. The van der Waals surface area contributed by atoms with Crippen molar-refractivity contribution in [3.05, 3.63) is 33.9 Å². The van der Waals surface area contributed by atoms with Gasteiger partial charge in [0.15, 0.2) is 0 Å². The van der Waals surface area contributed by atoms with Gasteiger partial charge in [0.1, 0.15) is 5.41 Å². The van der Waals surface area contributed by atoms with Crippen LogP contribution in [0.15, 0.2) is 18.2 Å². The van der Waals surface area contributed by atoms with Crippen LogP contribution in [0.5, 0.6) is 0 Å². The van der Waals surface area contributed by atoms with E-state index in [-0.39, 0.29) is 17.9 Å². The first-order valence-corrected chi connectivity index (χ1v) is 7.38. The second-order valence-electron chi connectivity index (χ2n) is 5.94. The summed E-state index contributed by atoms with van der Waals surface area (Å²) in [7, 11) is 1.27. The number of benzene rings is 1. The molecule has 2 aliphatic rings. The van der Waals surface area contributed by atoms with Gasteiger partial charge in [-0.15, -0.1) is 0 Å². The lowest BCUT2D eigenvalue weighted by Crippen LogP contribution is -2.33. The highest BCUT2D eigenvalue weighted by Crippen LogP contribution is 2.71. The zero-order chi connectivity index (χ0) is 18.7. The first-order chi connectivity index (χ1) is 11.6. The standard InChI is InChI=1S/C15H13F3N2O5/c1-3-25-12(21)10-11(15(16,17)18)14(10)8-6-7(20(23)24)4-5-9(8)19(2)13(14)22/h4-6,10-11H,3H2,1-2H3/t10-,11+,14-/m1/s1. The number of fused-ring (bicyclic) bond motifs is 2. The lowest BCUT2D eigenvalue weighted by Gasteiger charge is -2.12. The number of alkyl halides is 3. The van der Waals surface area contributed by atoms with Crippen molar-refractivity contribution in [1.82, 2.24) is 0 Å². The normalized spacial score (nSPS) is 27.4. The van der Waals surface area contributed by atoms with Crippen LogP contribution in [0.3, 0.4) is 0 Å². The van der Waals surface area contributed by atoms with E-state index in [2.05, 4.69) is 0 Å². The minimum absolute atomic E-state index is 0.122. The molecule has 0 saturated heterocycles. The van der Waals surface area contributed by atoms with Crippen molar-refractivity contribution >= 4 is 23.3 Å². The molecule has 1 amide bonds. The van der Waals surface area contributed by atoms with Gasteiger partial charge in [-0.2, -0.15) is 13.2 Å². The maximum absolute atomic E-state index is 13.5. The molecule has 7 nitrogen and oxygen atoms in total. The number of likely N-dealkylation sites (N-methyl/N-ethyl adjacent to an activating group) is 1. The van der Waals surface area contributed by atoms with Gasteiger partial charge < -0.3 is 9.64 Å². The van der Waals surface area contributed by atoms with Gasteiger partial charge in [0.2, 0.25) is 5.91 Å². The van der Waals surface area contributed by atoms with Crippen LogP contribution in [-0.4, -0.2) is 36.6 Å². The number of nitro benzene ring substituents is 1. The number of hydrogen-bond acceptors (Lipinski definition) is 5. The molecular formula is C15H13F3N2O5. The van der Waals surface area contributed by atoms with Gasteiger partial charge in [0.05, 0.1) is 23.4 Å². The molecule has 0 unspecified atom stereocenters. The number of anilines is 1. The lowest BCUT2D eigenvalue weighted by atomic mass is 9.92. The number of carbonyl (C=O) groups is 2. The van der Waals surface area contributed by atoms with Crippen molar-refractivity contribution in [2.75, 3.05) is 18.6 Å². The third kappa shape index (κ3) is 2.12. The predicted molar refractivity (Wildman–Crippen MR) is 77.9 cm³/mol. The van der Waals surface area contributed by atoms with E-state index in [9.17, 15) is 32.9 Å². The maximum Gasteiger partial charge on any atom is 0.394 e.